The third-order valence-electron chi connectivity index (χ3n) is 3.55. The Balaban J connectivity index is 2.25. The first-order valence-electron chi connectivity index (χ1n) is 6.40. The Labute approximate surface area is 135 Å². The molecule has 10 heteroatoms. The molecule has 2 rings (SSSR count). The summed E-state index contributed by atoms with van der Waals surface area (Å²) in [7, 11) is -3.81. The summed E-state index contributed by atoms with van der Waals surface area (Å²) < 4.78 is 26.4. The first-order valence-corrected chi connectivity index (χ1v) is 8.63. The van der Waals surface area contributed by atoms with Gasteiger partial charge in [-0.2, -0.15) is 4.31 Å². The number of hydrogen-bond donors (Lipinski definition) is 1. The minimum atomic E-state index is -3.81. The Morgan fingerprint density at radius 1 is 1.36 bits per heavy atom. The Hall–Kier alpha value is -1.52. The van der Waals surface area contributed by atoms with Crippen LogP contribution in [0, 0.1) is 16.0 Å². The number of carboxylic acids is 1. The van der Waals surface area contributed by atoms with Crippen LogP contribution < -0.4 is 0 Å². The van der Waals surface area contributed by atoms with Gasteiger partial charge in [0.05, 0.1) is 15.7 Å². The molecular weight excluding hydrogens is 380 g/mol. The van der Waals surface area contributed by atoms with E-state index in [0.29, 0.717) is 0 Å². The van der Waals surface area contributed by atoms with E-state index in [4.69, 9.17) is 5.11 Å². The number of nitro benzene ring substituents is 1. The van der Waals surface area contributed by atoms with Gasteiger partial charge in [-0.1, -0.05) is 0 Å². The summed E-state index contributed by atoms with van der Waals surface area (Å²) in [6.07, 6.45) is 0.498. The number of aliphatic carboxylic acids is 1. The monoisotopic (exact) mass is 392 g/mol. The van der Waals surface area contributed by atoms with Crippen molar-refractivity contribution in [1.82, 2.24) is 4.31 Å². The fourth-order valence-electron chi connectivity index (χ4n) is 2.29. The predicted octanol–water partition coefficient (Wildman–Crippen LogP) is 1.84. The summed E-state index contributed by atoms with van der Waals surface area (Å²) >= 11 is 3.05. The van der Waals surface area contributed by atoms with Gasteiger partial charge in [0.15, 0.2) is 0 Å². The zero-order chi connectivity index (χ0) is 16.5. The van der Waals surface area contributed by atoms with Crippen molar-refractivity contribution in [3.05, 3.63) is 32.8 Å². The molecule has 0 aromatic heterocycles. The largest absolute Gasteiger partial charge is 0.481 e. The minimum Gasteiger partial charge on any atom is -0.481 e. The van der Waals surface area contributed by atoms with Gasteiger partial charge in [-0.25, -0.2) is 8.42 Å². The second-order valence-electron chi connectivity index (χ2n) is 4.89. The molecule has 1 fully saturated rings. The molecule has 8 nitrogen and oxygen atoms in total. The molecule has 0 bridgehead atoms. The number of carboxylic acid groups (broad SMARTS) is 1. The summed E-state index contributed by atoms with van der Waals surface area (Å²) in [5.74, 6) is -1.46. The number of benzene rings is 1. The molecule has 0 spiro atoms. The van der Waals surface area contributed by atoms with Crippen LogP contribution >= 0.6 is 15.9 Å². The zero-order valence-electron chi connectivity index (χ0n) is 11.3. The molecule has 120 valence electrons. The van der Waals surface area contributed by atoms with E-state index < -0.39 is 26.8 Å². The van der Waals surface area contributed by atoms with E-state index in [0.717, 1.165) is 12.1 Å². The van der Waals surface area contributed by atoms with Crippen molar-refractivity contribution >= 4 is 37.6 Å². The highest BCUT2D eigenvalue weighted by Crippen LogP contribution is 2.31. The molecule has 0 amide bonds. The van der Waals surface area contributed by atoms with Crippen molar-refractivity contribution in [3.8, 4) is 0 Å². The summed E-state index contributed by atoms with van der Waals surface area (Å²) in [4.78, 5) is 20.9. The molecule has 1 saturated heterocycles. The smallest absolute Gasteiger partial charge is 0.306 e. The third-order valence-corrected chi connectivity index (χ3v) is 6.42. The van der Waals surface area contributed by atoms with Crippen molar-refractivity contribution in [2.45, 2.75) is 17.7 Å². The van der Waals surface area contributed by atoms with Crippen LogP contribution in [-0.2, 0) is 14.8 Å². The van der Waals surface area contributed by atoms with Gasteiger partial charge in [-0.15, -0.1) is 0 Å². The topological polar surface area (TPSA) is 118 Å². The van der Waals surface area contributed by atoms with Crippen molar-refractivity contribution < 1.29 is 23.2 Å². The van der Waals surface area contributed by atoms with E-state index in [9.17, 15) is 23.3 Å². The molecule has 0 unspecified atom stereocenters. The number of nitrogens with zero attached hydrogens (tertiary/aromatic N) is 2. The lowest BCUT2D eigenvalue weighted by Gasteiger charge is -2.29. The maximum Gasteiger partial charge on any atom is 0.306 e. The quantitative estimate of drug-likeness (QED) is 0.616. The van der Waals surface area contributed by atoms with Crippen LogP contribution in [0.5, 0.6) is 0 Å². The highest BCUT2D eigenvalue weighted by Gasteiger charge is 2.33. The van der Waals surface area contributed by atoms with E-state index in [2.05, 4.69) is 15.9 Å². The molecule has 1 aromatic rings. The molecule has 1 N–H and O–H groups in total. The van der Waals surface area contributed by atoms with Gasteiger partial charge in [0, 0.05) is 29.7 Å². The first-order chi connectivity index (χ1) is 10.2. The van der Waals surface area contributed by atoms with Gasteiger partial charge in [0.25, 0.3) is 5.69 Å². The Bertz CT molecular complexity index is 712. The van der Waals surface area contributed by atoms with Gasteiger partial charge < -0.3 is 5.11 Å². The van der Waals surface area contributed by atoms with E-state index in [-0.39, 0.29) is 41.0 Å². The van der Waals surface area contributed by atoms with Gasteiger partial charge >= 0.3 is 5.97 Å². The number of piperidine rings is 1. The lowest BCUT2D eigenvalue weighted by molar-refractivity contribution is -0.385. The van der Waals surface area contributed by atoms with Gasteiger partial charge in [-0.05, 0) is 34.8 Å². The van der Waals surface area contributed by atoms with Gasteiger partial charge in [0.2, 0.25) is 10.0 Å². The van der Waals surface area contributed by atoms with Crippen LogP contribution in [0.4, 0.5) is 5.69 Å². The number of rotatable bonds is 4. The number of hydrogen-bond acceptors (Lipinski definition) is 5. The number of halogens is 1. The van der Waals surface area contributed by atoms with Crippen molar-refractivity contribution in [1.29, 1.82) is 0 Å². The Morgan fingerprint density at radius 3 is 2.41 bits per heavy atom. The van der Waals surface area contributed by atoms with Crippen molar-refractivity contribution in [2.75, 3.05) is 13.1 Å². The molecule has 0 atom stereocenters. The van der Waals surface area contributed by atoms with Gasteiger partial charge in [0.1, 0.15) is 0 Å². The summed E-state index contributed by atoms with van der Waals surface area (Å²) in [5.41, 5.74) is -0.213. The summed E-state index contributed by atoms with van der Waals surface area (Å²) in [6, 6.07) is 3.44. The molecule has 1 aliphatic rings. The van der Waals surface area contributed by atoms with E-state index in [1.54, 1.807) is 0 Å². The number of carbonyl (C=O) groups is 1. The molecule has 1 aliphatic heterocycles. The van der Waals surface area contributed by atoms with Crippen LogP contribution in [0.15, 0.2) is 27.6 Å². The number of nitro groups is 1. The predicted molar refractivity (Wildman–Crippen MR) is 79.9 cm³/mol. The standard InChI is InChI=1S/C12H13BrN2O6S/c13-10-7-9(15(18)19)1-2-11(10)22(20,21)14-5-3-8(4-6-14)12(16)17/h1-2,7-8H,3-6H2,(H,16,17). The minimum absolute atomic E-state index is 0.0631. The fraction of sp³-hybridized carbons (Fsp3) is 0.417. The SMILES string of the molecule is O=C(O)C1CCN(S(=O)(=O)c2ccc([N+](=O)[O-])cc2Br)CC1. The molecule has 0 radical (unpaired) electrons. The van der Waals surface area contributed by atoms with Crippen molar-refractivity contribution in [3.63, 3.8) is 0 Å². The average Bonchev–Trinajstić information content (AvgIpc) is 2.46. The van der Waals surface area contributed by atoms with Crippen LogP contribution in [0.25, 0.3) is 0 Å². The lowest BCUT2D eigenvalue weighted by atomic mass is 9.99. The maximum atomic E-state index is 12.5. The van der Waals surface area contributed by atoms with Crippen molar-refractivity contribution in [2.24, 2.45) is 5.92 Å². The molecule has 0 saturated carbocycles. The normalized spacial score (nSPS) is 17.3. The van der Waals surface area contributed by atoms with Crippen LogP contribution in [0.3, 0.4) is 0 Å². The highest BCUT2D eigenvalue weighted by molar-refractivity contribution is 9.10. The van der Waals surface area contributed by atoms with E-state index >= 15 is 0 Å². The maximum absolute atomic E-state index is 12.5. The summed E-state index contributed by atoms with van der Waals surface area (Å²) in [6.45, 7) is 0.228. The number of sulfonamides is 1. The second kappa shape index (κ2) is 6.31. The van der Waals surface area contributed by atoms with Crippen LogP contribution in [0.1, 0.15) is 12.8 Å². The molecule has 0 aliphatic carbocycles. The molecule has 22 heavy (non-hydrogen) atoms. The molecular formula is C12H13BrN2O6S. The number of non-ortho nitro benzene ring substituents is 1. The van der Waals surface area contributed by atoms with E-state index in [1.807, 2.05) is 0 Å². The highest BCUT2D eigenvalue weighted by atomic mass is 79.9. The van der Waals surface area contributed by atoms with Gasteiger partial charge in [-0.3, -0.25) is 14.9 Å². The Kier molecular flexibility index (Phi) is 4.83. The third kappa shape index (κ3) is 3.28. The van der Waals surface area contributed by atoms with E-state index in [1.165, 1.54) is 10.4 Å². The van der Waals surface area contributed by atoms with Crippen LogP contribution in [-0.4, -0.2) is 41.8 Å². The lowest BCUT2D eigenvalue weighted by Crippen LogP contribution is -2.40. The average molecular weight is 393 g/mol. The second-order valence-corrected chi connectivity index (χ2v) is 7.65. The van der Waals surface area contributed by atoms with Crippen LogP contribution in [0.2, 0.25) is 0 Å². The first kappa shape index (κ1) is 16.8. The zero-order valence-corrected chi connectivity index (χ0v) is 13.7. The molecule has 1 aromatic carbocycles. The molecule has 1 heterocycles. The Morgan fingerprint density at radius 2 is 1.95 bits per heavy atom. The fourth-order valence-corrected chi connectivity index (χ4v) is 4.79. The summed E-state index contributed by atoms with van der Waals surface area (Å²) in [5, 5.41) is 19.6.